The zero-order valence-corrected chi connectivity index (χ0v) is 11.6. The number of nitrogens with zero attached hydrogens (tertiary/aromatic N) is 2. The summed E-state index contributed by atoms with van der Waals surface area (Å²) in [5.41, 5.74) is 1.80. The average molecular weight is 316 g/mol. The lowest BCUT2D eigenvalue weighted by molar-refractivity contribution is 0.571. The van der Waals surface area contributed by atoms with Crippen LogP contribution in [0, 0.1) is 5.82 Å². The van der Waals surface area contributed by atoms with Crippen molar-refractivity contribution >= 4 is 27.7 Å². The molecule has 17 heavy (non-hydrogen) atoms. The van der Waals surface area contributed by atoms with E-state index in [1.54, 1.807) is 12.3 Å². The van der Waals surface area contributed by atoms with Crippen LogP contribution >= 0.6 is 27.7 Å². The Morgan fingerprint density at radius 3 is 3.00 bits per heavy atom. The van der Waals surface area contributed by atoms with Gasteiger partial charge in [0.15, 0.2) is 0 Å². The van der Waals surface area contributed by atoms with Gasteiger partial charge in [-0.2, -0.15) is 8.75 Å². The molecule has 0 radical (unpaired) electrons. The third kappa shape index (κ3) is 2.88. The molecule has 0 aliphatic carbocycles. The molecule has 2 aromatic rings. The van der Waals surface area contributed by atoms with Gasteiger partial charge in [0.2, 0.25) is 0 Å². The molecule has 0 bridgehead atoms. The Balaban J connectivity index is 2.22. The van der Waals surface area contributed by atoms with E-state index in [2.05, 4.69) is 30.0 Å². The zero-order chi connectivity index (χ0) is 12.3. The second-order valence-electron chi connectivity index (χ2n) is 3.59. The molecule has 2 rings (SSSR count). The van der Waals surface area contributed by atoms with Gasteiger partial charge in [-0.1, -0.05) is 12.1 Å². The molecular formula is C11H11BrFN3S. The van der Waals surface area contributed by atoms with Crippen LogP contribution in [0.3, 0.4) is 0 Å². The minimum Gasteiger partial charge on any atom is -0.311 e. The van der Waals surface area contributed by atoms with E-state index in [1.807, 2.05) is 13.1 Å². The van der Waals surface area contributed by atoms with Crippen LogP contribution in [-0.2, 0) is 6.42 Å². The SMILES string of the molecule is CNC(Cc1cccc(F)c1Br)c1cnsn1. The molecule has 0 saturated carbocycles. The molecule has 90 valence electrons. The van der Waals surface area contributed by atoms with Crippen LogP contribution in [-0.4, -0.2) is 15.8 Å². The molecule has 1 atom stereocenters. The summed E-state index contributed by atoms with van der Waals surface area (Å²) in [7, 11) is 1.86. The summed E-state index contributed by atoms with van der Waals surface area (Å²) >= 11 is 4.44. The molecule has 0 fully saturated rings. The van der Waals surface area contributed by atoms with Gasteiger partial charge in [0.05, 0.1) is 34.1 Å². The molecule has 0 amide bonds. The highest BCUT2D eigenvalue weighted by Crippen LogP contribution is 2.25. The number of benzene rings is 1. The summed E-state index contributed by atoms with van der Waals surface area (Å²) < 4.78 is 22.1. The number of hydrogen-bond acceptors (Lipinski definition) is 4. The molecule has 0 spiro atoms. The van der Waals surface area contributed by atoms with Crippen molar-refractivity contribution < 1.29 is 4.39 Å². The third-order valence-corrected chi connectivity index (χ3v) is 3.92. The molecule has 1 heterocycles. The van der Waals surface area contributed by atoms with Gasteiger partial charge in [-0.3, -0.25) is 0 Å². The van der Waals surface area contributed by atoms with E-state index < -0.39 is 0 Å². The number of aromatic nitrogens is 2. The number of hydrogen-bond donors (Lipinski definition) is 1. The Labute approximate surface area is 112 Å². The minimum absolute atomic E-state index is 0.0480. The standard InChI is InChI=1S/C11H11BrFN3S/c1-14-9(10-6-15-17-16-10)5-7-3-2-4-8(13)11(7)12/h2-4,6,9,14H,5H2,1H3. The van der Waals surface area contributed by atoms with Crippen LogP contribution in [0.2, 0.25) is 0 Å². The fraction of sp³-hybridized carbons (Fsp3) is 0.273. The summed E-state index contributed by atoms with van der Waals surface area (Å²) in [5, 5.41) is 3.16. The average Bonchev–Trinajstić information content (AvgIpc) is 2.85. The van der Waals surface area contributed by atoms with Gasteiger partial charge >= 0.3 is 0 Å². The first kappa shape index (κ1) is 12.6. The van der Waals surface area contributed by atoms with Crippen LogP contribution in [0.5, 0.6) is 0 Å². The van der Waals surface area contributed by atoms with Crippen molar-refractivity contribution in [3.63, 3.8) is 0 Å². The van der Waals surface area contributed by atoms with Crippen molar-refractivity contribution in [2.45, 2.75) is 12.5 Å². The molecule has 1 unspecified atom stereocenters. The fourth-order valence-corrected chi connectivity index (χ4v) is 2.50. The molecule has 1 N–H and O–H groups in total. The number of likely N-dealkylation sites (N-methyl/N-ethyl adjacent to an activating group) is 1. The molecule has 1 aromatic carbocycles. The van der Waals surface area contributed by atoms with E-state index in [0.717, 1.165) is 11.3 Å². The predicted molar refractivity (Wildman–Crippen MR) is 69.5 cm³/mol. The number of nitrogens with one attached hydrogen (secondary N) is 1. The van der Waals surface area contributed by atoms with Gasteiger partial charge in [0.1, 0.15) is 5.82 Å². The Morgan fingerprint density at radius 2 is 2.35 bits per heavy atom. The van der Waals surface area contributed by atoms with E-state index in [9.17, 15) is 4.39 Å². The maximum Gasteiger partial charge on any atom is 0.137 e. The molecule has 1 aromatic heterocycles. The Hall–Kier alpha value is -0.850. The highest BCUT2D eigenvalue weighted by atomic mass is 79.9. The van der Waals surface area contributed by atoms with Gasteiger partial charge in [-0.05, 0) is 41.0 Å². The van der Waals surface area contributed by atoms with Gasteiger partial charge in [-0.15, -0.1) is 0 Å². The van der Waals surface area contributed by atoms with Crippen molar-refractivity contribution in [3.05, 3.63) is 45.9 Å². The number of halogens is 2. The normalized spacial score (nSPS) is 12.6. The summed E-state index contributed by atoms with van der Waals surface area (Å²) in [6.45, 7) is 0. The van der Waals surface area contributed by atoms with E-state index in [0.29, 0.717) is 10.9 Å². The second kappa shape index (κ2) is 5.66. The topological polar surface area (TPSA) is 37.8 Å². The smallest absolute Gasteiger partial charge is 0.137 e. The van der Waals surface area contributed by atoms with Gasteiger partial charge < -0.3 is 5.32 Å². The molecular weight excluding hydrogens is 305 g/mol. The van der Waals surface area contributed by atoms with Gasteiger partial charge in [0.25, 0.3) is 0 Å². The Bertz CT molecular complexity index is 489. The van der Waals surface area contributed by atoms with Crippen LogP contribution in [0.15, 0.2) is 28.9 Å². The second-order valence-corrected chi connectivity index (χ2v) is 4.94. The molecule has 6 heteroatoms. The first-order chi connectivity index (χ1) is 8.22. The van der Waals surface area contributed by atoms with E-state index in [1.165, 1.54) is 17.8 Å². The van der Waals surface area contributed by atoms with Crippen molar-refractivity contribution in [2.24, 2.45) is 0 Å². The maximum atomic E-state index is 13.4. The minimum atomic E-state index is -0.242. The molecule has 0 aliphatic rings. The van der Waals surface area contributed by atoms with E-state index in [4.69, 9.17) is 0 Å². The molecule has 0 saturated heterocycles. The highest BCUT2D eigenvalue weighted by molar-refractivity contribution is 9.10. The van der Waals surface area contributed by atoms with Crippen LogP contribution < -0.4 is 5.32 Å². The van der Waals surface area contributed by atoms with E-state index >= 15 is 0 Å². The maximum absolute atomic E-state index is 13.4. The lowest BCUT2D eigenvalue weighted by Gasteiger charge is -2.14. The monoisotopic (exact) mass is 315 g/mol. The van der Waals surface area contributed by atoms with Crippen molar-refractivity contribution in [1.82, 2.24) is 14.1 Å². The zero-order valence-electron chi connectivity index (χ0n) is 9.15. The van der Waals surface area contributed by atoms with Crippen LogP contribution in [0.4, 0.5) is 4.39 Å². The van der Waals surface area contributed by atoms with E-state index in [-0.39, 0.29) is 11.9 Å². The largest absolute Gasteiger partial charge is 0.311 e. The van der Waals surface area contributed by atoms with Crippen LogP contribution in [0.1, 0.15) is 17.3 Å². The quantitative estimate of drug-likeness (QED) is 0.942. The first-order valence-electron chi connectivity index (χ1n) is 5.10. The van der Waals surface area contributed by atoms with Gasteiger partial charge in [0, 0.05) is 0 Å². The summed E-state index contributed by atoms with van der Waals surface area (Å²) in [5.74, 6) is -0.242. The molecule has 0 aliphatic heterocycles. The van der Waals surface area contributed by atoms with Crippen molar-refractivity contribution in [1.29, 1.82) is 0 Å². The Morgan fingerprint density at radius 1 is 1.53 bits per heavy atom. The van der Waals surface area contributed by atoms with Crippen molar-refractivity contribution in [2.75, 3.05) is 7.05 Å². The third-order valence-electron chi connectivity index (χ3n) is 2.54. The fourth-order valence-electron chi connectivity index (χ4n) is 1.61. The summed E-state index contributed by atoms with van der Waals surface area (Å²) in [6, 6.07) is 5.09. The predicted octanol–water partition coefficient (Wildman–Crippen LogP) is 2.94. The number of rotatable bonds is 4. The van der Waals surface area contributed by atoms with Crippen LogP contribution in [0.25, 0.3) is 0 Å². The lowest BCUT2D eigenvalue weighted by Crippen LogP contribution is -2.19. The van der Waals surface area contributed by atoms with Crippen molar-refractivity contribution in [3.8, 4) is 0 Å². The summed E-state index contributed by atoms with van der Waals surface area (Å²) in [4.78, 5) is 0. The van der Waals surface area contributed by atoms with Gasteiger partial charge in [-0.25, -0.2) is 4.39 Å². The Kier molecular flexibility index (Phi) is 4.20. The first-order valence-corrected chi connectivity index (χ1v) is 6.62. The summed E-state index contributed by atoms with van der Waals surface area (Å²) in [6.07, 6.45) is 2.40. The lowest BCUT2D eigenvalue weighted by atomic mass is 10.0. The highest BCUT2D eigenvalue weighted by Gasteiger charge is 2.15. The molecule has 3 nitrogen and oxygen atoms in total.